The van der Waals surface area contributed by atoms with Crippen LogP contribution in [-0.4, -0.2) is 29.6 Å². The van der Waals surface area contributed by atoms with Crippen LogP contribution >= 0.6 is 0 Å². The van der Waals surface area contributed by atoms with Crippen LogP contribution in [0.15, 0.2) is 41.0 Å². The van der Waals surface area contributed by atoms with Gasteiger partial charge in [0.15, 0.2) is 0 Å². The third kappa shape index (κ3) is 5.15. The molecule has 0 aliphatic heterocycles. The van der Waals surface area contributed by atoms with Crippen LogP contribution in [0.5, 0.6) is 0 Å². The zero-order chi connectivity index (χ0) is 18.4. The largest absolute Gasteiger partial charge is 0.464 e. The molecule has 134 valence electrons. The highest BCUT2D eigenvalue weighted by Gasteiger charge is 2.17. The quantitative estimate of drug-likeness (QED) is 0.700. The Morgan fingerprint density at radius 2 is 2.00 bits per heavy atom. The molecule has 0 saturated carbocycles. The second-order valence-corrected chi connectivity index (χ2v) is 5.98. The van der Waals surface area contributed by atoms with Crippen LogP contribution in [0.1, 0.15) is 20.3 Å². The lowest BCUT2D eigenvalue weighted by molar-refractivity contribution is -0.136. The van der Waals surface area contributed by atoms with Crippen LogP contribution in [0.2, 0.25) is 0 Å². The first-order valence-electron chi connectivity index (χ1n) is 7.99. The van der Waals surface area contributed by atoms with Gasteiger partial charge < -0.3 is 20.2 Å². The number of halogens is 1. The van der Waals surface area contributed by atoms with E-state index in [1.54, 1.807) is 12.1 Å². The topological polar surface area (TPSA) is 91.6 Å². The molecule has 2 rings (SSSR count). The number of aliphatic hydroxyl groups is 1. The second-order valence-electron chi connectivity index (χ2n) is 5.98. The molecule has 1 heterocycles. The van der Waals surface area contributed by atoms with Crippen molar-refractivity contribution in [2.45, 2.75) is 26.4 Å². The van der Waals surface area contributed by atoms with E-state index in [1.165, 1.54) is 24.5 Å². The molecule has 0 aliphatic rings. The normalized spacial score (nSPS) is 12.0. The summed E-state index contributed by atoms with van der Waals surface area (Å²) in [5.41, 5.74) is 0.457. The molecule has 7 heteroatoms. The number of hydrogen-bond donors (Lipinski definition) is 3. The first kappa shape index (κ1) is 18.7. The number of anilines is 1. The van der Waals surface area contributed by atoms with Crippen molar-refractivity contribution in [3.63, 3.8) is 0 Å². The lowest BCUT2D eigenvalue weighted by atomic mass is 10.0. The summed E-state index contributed by atoms with van der Waals surface area (Å²) in [7, 11) is 0. The number of benzene rings is 1. The predicted octanol–water partition coefficient (Wildman–Crippen LogP) is 2.55. The standard InChI is InChI=1S/C18H21FN2O4/c1-11(2)15(22)7-8-20-17(23)18(24)21-14-10-12(5-6-13(14)19)16-4-3-9-25-16/h3-6,9-11,15,22H,7-8H2,1-2H3,(H,20,23)(H,21,24). The van der Waals surface area contributed by atoms with Crippen molar-refractivity contribution in [1.29, 1.82) is 0 Å². The number of hydrogen-bond acceptors (Lipinski definition) is 4. The average Bonchev–Trinajstić information content (AvgIpc) is 3.10. The molecule has 0 spiro atoms. The first-order chi connectivity index (χ1) is 11.9. The van der Waals surface area contributed by atoms with E-state index in [0.717, 1.165) is 0 Å². The lowest BCUT2D eigenvalue weighted by Crippen LogP contribution is -2.37. The van der Waals surface area contributed by atoms with Gasteiger partial charge in [0.05, 0.1) is 18.1 Å². The zero-order valence-corrected chi connectivity index (χ0v) is 14.1. The highest BCUT2D eigenvalue weighted by molar-refractivity contribution is 6.39. The molecule has 0 saturated heterocycles. The van der Waals surface area contributed by atoms with Gasteiger partial charge >= 0.3 is 11.8 Å². The maximum absolute atomic E-state index is 13.9. The summed E-state index contributed by atoms with van der Waals surface area (Å²) in [6.45, 7) is 3.86. The van der Waals surface area contributed by atoms with Crippen molar-refractivity contribution in [2.75, 3.05) is 11.9 Å². The molecule has 0 aliphatic carbocycles. The minimum absolute atomic E-state index is 0.0594. The molecule has 3 N–H and O–H groups in total. The smallest absolute Gasteiger partial charge is 0.313 e. The minimum atomic E-state index is -0.977. The molecular weight excluding hydrogens is 327 g/mol. The Kier molecular flexibility index (Phi) is 6.30. The summed E-state index contributed by atoms with van der Waals surface area (Å²) in [5, 5.41) is 14.3. The van der Waals surface area contributed by atoms with Crippen LogP contribution in [0.25, 0.3) is 11.3 Å². The average molecular weight is 348 g/mol. The summed E-state index contributed by atoms with van der Waals surface area (Å²) in [5.74, 6) is -1.95. The summed E-state index contributed by atoms with van der Waals surface area (Å²) in [6, 6.07) is 7.48. The van der Waals surface area contributed by atoms with Crippen LogP contribution in [0.4, 0.5) is 10.1 Å². The molecule has 1 aromatic carbocycles. The molecule has 6 nitrogen and oxygen atoms in total. The van der Waals surface area contributed by atoms with Gasteiger partial charge in [0, 0.05) is 12.1 Å². The fourth-order valence-corrected chi connectivity index (χ4v) is 2.14. The highest BCUT2D eigenvalue weighted by Crippen LogP contribution is 2.25. The van der Waals surface area contributed by atoms with E-state index in [-0.39, 0.29) is 18.2 Å². The summed E-state index contributed by atoms with van der Waals surface area (Å²) < 4.78 is 19.1. The Labute approximate surface area is 145 Å². The van der Waals surface area contributed by atoms with Gasteiger partial charge in [0.2, 0.25) is 0 Å². The van der Waals surface area contributed by atoms with Gasteiger partial charge in [-0.15, -0.1) is 0 Å². The van der Waals surface area contributed by atoms with E-state index >= 15 is 0 Å². The van der Waals surface area contributed by atoms with E-state index in [9.17, 15) is 19.1 Å². The first-order valence-corrected chi connectivity index (χ1v) is 7.99. The van der Waals surface area contributed by atoms with Crippen molar-refractivity contribution in [1.82, 2.24) is 5.32 Å². The molecule has 25 heavy (non-hydrogen) atoms. The van der Waals surface area contributed by atoms with Crippen molar-refractivity contribution in [2.24, 2.45) is 5.92 Å². The number of aliphatic hydroxyl groups excluding tert-OH is 1. The van der Waals surface area contributed by atoms with Gasteiger partial charge in [0.1, 0.15) is 11.6 Å². The molecule has 0 fully saturated rings. The maximum atomic E-state index is 13.9. The second kappa shape index (κ2) is 8.43. The van der Waals surface area contributed by atoms with E-state index in [1.807, 2.05) is 13.8 Å². The molecule has 1 unspecified atom stereocenters. The van der Waals surface area contributed by atoms with E-state index < -0.39 is 23.7 Å². The van der Waals surface area contributed by atoms with E-state index in [2.05, 4.69) is 10.6 Å². The monoisotopic (exact) mass is 348 g/mol. The van der Waals surface area contributed by atoms with Crippen LogP contribution < -0.4 is 10.6 Å². The van der Waals surface area contributed by atoms with Crippen LogP contribution in [-0.2, 0) is 9.59 Å². The molecule has 0 bridgehead atoms. The number of furan rings is 1. The Balaban J connectivity index is 1.95. The number of nitrogens with one attached hydrogen (secondary N) is 2. The van der Waals surface area contributed by atoms with Gasteiger partial charge in [-0.25, -0.2) is 4.39 Å². The third-order valence-corrected chi connectivity index (χ3v) is 3.72. The Morgan fingerprint density at radius 1 is 1.24 bits per heavy atom. The highest BCUT2D eigenvalue weighted by atomic mass is 19.1. The van der Waals surface area contributed by atoms with Gasteiger partial charge in [0.25, 0.3) is 0 Å². The molecule has 2 amide bonds. The fourth-order valence-electron chi connectivity index (χ4n) is 2.14. The Morgan fingerprint density at radius 3 is 2.64 bits per heavy atom. The van der Waals surface area contributed by atoms with Gasteiger partial charge in [-0.1, -0.05) is 13.8 Å². The number of rotatable bonds is 6. The number of carbonyl (C=O) groups excluding carboxylic acids is 2. The van der Waals surface area contributed by atoms with Gasteiger partial charge in [-0.2, -0.15) is 0 Å². The summed E-state index contributed by atoms with van der Waals surface area (Å²) in [4.78, 5) is 23.7. The molecular formula is C18H21FN2O4. The number of carbonyl (C=O) groups is 2. The summed E-state index contributed by atoms with van der Waals surface area (Å²) in [6.07, 6.45) is 1.25. The SMILES string of the molecule is CC(C)C(O)CCNC(=O)C(=O)Nc1cc(-c2ccco2)ccc1F. The molecule has 0 radical (unpaired) electrons. The maximum Gasteiger partial charge on any atom is 0.313 e. The summed E-state index contributed by atoms with van der Waals surface area (Å²) >= 11 is 0. The Bertz CT molecular complexity index is 729. The van der Waals surface area contributed by atoms with Crippen LogP contribution in [0, 0.1) is 11.7 Å². The van der Waals surface area contributed by atoms with Gasteiger partial charge in [-0.3, -0.25) is 9.59 Å². The van der Waals surface area contributed by atoms with Crippen molar-refractivity contribution < 1.29 is 23.5 Å². The van der Waals surface area contributed by atoms with Crippen LogP contribution in [0.3, 0.4) is 0 Å². The van der Waals surface area contributed by atoms with Crippen molar-refractivity contribution in [3.05, 3.63) is 42.4 Å². The van der Waals surface area contributed by atoms with Crippen molar-refractivity contribution in [3.8, 4) is 11.3 Å². The Hall–Kier alpha value is -2.67. The third-order valence-electron chi connectivity index (χ3n) is 3.72. The predicted molar refractivity (Wildman–Crippen MR) is 91.2 cm³/mol. The molecule has 2 aromatic rings. The fraction of sp³-hybridized carbons (Fsp3) is 0.333. The molecule has 1 aromatic heterocycles. The van der Waals surface area contributed by atoms with Crippen molar-refractivity contribution >= 4 is 17.5 Å². The zero-order valence-electron chi connectivity index (χ0n) is 14.1. The van der Waals surface area contributed by atoms with Gasteiger partial charge in [-0.05, 0) is 42.7 Å². The minimum Gasteiger partial charge on any atom is -0.464 e. The molecule has 1 atom stereocenters. The van der Waals surface area contributed by atoms with E-state index in [0.29, 0.717) is 17.7 Å². The van der Waals surface area contributed by atoms with E-state index in [4.69, 9.17) is 4.42 Å². The lowest BCUT2D eigenvalue weighted by Gasteiger charge is -2.14. The number of amides is 2.